The van der Waals surface area contributed by atoms with Crippen molar-refractivity contribution in [1.29, 1.82) is 0 Å². The summed E-state index contributed by atoms with van der Waals surface area (Å²) in [7, 11) is 0. The van der Waals surface area contributed by atoms with Crippen LogP contribution in [-0.2, 0) is 6.54 Å². The molecule has 2 nitrogen and oxygen atoms in total. The van der Waals surface area contributed by atoms with E-state index in [9.17, 15) is 0 Å². The Morgan fingerprint density at radius 3 is 2.75 bits per heavy atom. The van der Waals surface area contributed by atoms with Crippen molar-refractivity contribution in [2.45, 2.75) is 32.7 Å². The largest absolute Gasteiger partial charge is 0.396 e. The third kappa shape index (κ3) is 5.10. The van der Waals surface area contributed by atoms with Gasteiger partial charge in [-0.3, -0.25) is 0 Å². The molecule has 0 unspecified atom stereocenters. The average molecular weight is 286 g/mol. The van der Waals surface area contributed by atoms with Gasteiger partial charge in [0.1, 0.15) is 0 Å². The van der Waals surface area contributed by atoms with E-state index in [1.165, 1.54) is 15.6 Å². The standard InChI is InChI=1S/C13H20BrNO/c1-11-5-6-12(9-13(11)14)10-15-7-3-2-4-8-16/h5-6,9,15-16H,2-4,7-8,10H2,1H3. The van der Waals surface area contributed by atoms with Crippen LogP contribution < -0.4 is 5.32 Å². The Balaban J connectivity index is 2.19. The van der Waals surface area contributed by atoms with E-state index in [0.29, 0.717) is 6.61 Å². The van der Waals surface area contributed by atoms with Crippen LogP contribution in [0.5, 0.6) is 0 Å². The molecule has 0 fully saturated rings. The first kappa shape index (κ1) is 13.7. The number of hydrogen-bond donors (Lipinski definition) is 2. The number of unbranched alkanes of at least 4 members (excludes halogenated alkanes) is 2. The van der Waals surface area contributed by atoms with Crippen molar-refractivity contribution in [3.05, 3.63) is 33.8 Å². The summed E-state index contributed by atoms with van der Waals surface area (Å²) in [5.74, 6) is 0. The quantitative estimate of drug-likeness (QED) is 0.755. The smallest absolute Gasteiger partial charge is 0.0431 e. The molecule has 0 atom stereocenters. The molecule has 0 bridgehead atoms. The fraction of sp³-hybridized carbons (Fsp3) is 0.538. The van der Waals surface area contributed by atoms with Crippen LogP contribution in [0.3, 0.4) is 0 Å². The highest BCUT2D eigenvalue weighted by Gasteiger charge is 1.97. The number of aliphatic hydroxyl groups excluding tert-OH is 1. The van der Waals surface area contributed by atoms with E-state index in [4.69, 9.17) is 5.11 Å². The maximum atomic E-state index is 8.63. The minimum Gasteiger partial charge on any atom is -0.396 e. The van der Waals surface area contributed by atoms with Gasteiger partial charge < -0.3 is 10.4 Å². The van der Waals surface area contributed by atoms with Crippen LogP contribution in [0.15, 0.2) is 22.7 Å². The normalized spacial score (nSPS) is 10.7. The van der Waals surface area contributed by atoms with Gasteiger partial charge >= 0.3 is 0 Å². The molecular weight excluding hydrogens is 266 g/mol. The molecule has 3 heteroatoms. The molecule has 0 heterocycles. The van der Waals surface area contributed by atoms with Crippen molar-refractivity contribution < 1.29 is 5.11 Å². The Kier molecular flexibility index (Phi) is 6.69. The van der Waals surface area contributed by atoms with Crippen molar-refractivity contribution >= 4 is 15.9 Å². The number of aryl methyl sites for hydroxylation is 1. The zero-order chi connectivity index (χ0) is 11.8. The van der Waals surface area contributed by atoms with Crippen molar-refractivity contribution in [1.82, 2.24) is 5.32 Å². The van der Waals surface area contributed by atoms with Gasteiger partial charge in [-0.1, -0.05) is 28.1 Å². The summed E-state index contributed by atoms with van der Waals surface area (Å²) in [6.45, 7) is 4.34. The average Bonchev–Trinajstić information content (AvgIpc) is 2.28. The fourth-order valence-corrected chi connectivity index (χ4v) is 1.94. The van der Waals surface area contributed by atoms with E-state index in [-0.39, 0.29) is 0 Å². The van der Waals surface area contributed by atoms with E-state index in [0.717, 1.165) is 32.4 Å². The maximum absolute atomic E-state index is 8.63. The lowest BCUT2D eigenvalue weighted by atomic mass is 10.1. The van der Waals surface area contributed by atoms with Crippen molar-refractivity contribution in [3.8, 4) is 0 Å². The van der Waals surface area contributed by atoms with Gasteiger partial charge in [0.2, 0.25) is 0 Å². The number of benzene rings is 1. The van der Waals surface area contributed by atoms with Gasteiger partial charge in [-0.2, -0.15) is 0 Å². The van der Waals surface area contributed by atoms with Crippen molar-refractivity contribution in [2.75, 3.05) is 13.2 Å². The molecule has 2 N–H and O–H groups in total. The highest BCUT2D eigenvalue weighted by molar-refractivity contribution is 9.10. The number of halogens is 1. The molecule has 16 heavy (non-hydrogen) atoms. The molecule has 0 aromatic heterocycles. The van der Waals surface area contributed by atoms with Crippen molar-refractivity contribution in [2.24, 2.45) is 0 Å². The summed E-state index contributed by atoms with van der Waals surface area (Å²) in [5, 5.41) is 12.0. The molecule has 0 amide bonds. The molecule has 0 radical (unpaired) electrons. The Morgan fingerprint density at radius 2 is 2.06 bits per heavy atom. The zero-order valence-corrected chi connectivity index (χ0v) is 11.4. The first-order valence-corrected chi connectivity index (χ1v) is 6.60. The molecule has 1 aromatic rings. The summed E-state index contributed by atoms with van der Waals surface area (Å²) >= 11 is 3.53. The molecule has 1 rings (SSSR count). The summed E-state index contributed by atoms with van der Waals surface area (Å²) in [4.78, 5) is 0. The first-order chi connectivity index (χ1) is 7.74. The van der Waals surface area contributed by atoms with Crippen LogP contribution in [-0.4, -0.2) is 18.3 Å². The van der Waals surface area contributed by atoms with Crippen LogP contribution in [0, 0.1) is 6.92 Å². The SMILES string of the molecule is Cc1ccc(CNCCCCCO)cc1Br. The lowest BCUT2D eigenvalue weighted by Gasteiger charge is -2.06. The third-order valence-electron chi connectivity index (χ3n) is 2.58. The van der Waals surface area contributed by atoms with E-state index >= 15 is 0 Å². The molecule has 1 aromatic carbocycles. The Labute approximate surface area is 106 Å². The monoisotopic (exact) mass is 285 g/mol. The third-order valence-corrected chi connectivity index (χ3v) is 3.43. The number of nitrogens with one attached hydrogen (secondary N) is 1. The summed E-state index contributed by atoms with van der Waals surface area (Å²) in [6, 6.07) is 6.45. The molecule has 0 spiro atoms. The van der Waals surface area contributed by atoms with Crippen LogP contribution in [0.25, 0.3) is 0 Å². The minimum atomic E-state index is 0.310. The van der Waals surface area contributed by atoms with Crippen LogP contribution >= 0.6 is 15.9 Å². The predicted molar refractivity (Wildman–Crippen MR) is 71.5 cm³/mol. The molecule has 0 saturated carbocycles. The van der Waals surface area contributed by atoms with E-state index < -0.39 is 0 Å². The van der Waals surface area contributed by atoms with Crippen LogP contribution in [0.1, 0.15) is 30.4 Å². The van der Waals surface area contributed by atoms with E-state index in [1.807, 2.05) is 0 Å². The molecule has 0 aliphatic carbocycles. The lowest BCUT2D eigenvalue weighted by Crippen LogP contribution is -2.14. The Morgan fingerprint density at radius 1 is 1.25 bits per heavy atom. The second-order valence-corrected chi connectivity index (χ2v) is 4.90. The number of hydrogen-bond acceptors (Lipinski definition) is 2. The van der Waals surface area contributed by atoms with Gasteiger partial charge in [-0.15, -0.1) is 0 Å². The Bertz CT molecular complexity index is 315. The first-order valence-electron chi connectivity index (χ1n) is 5.80. The van der Waals surface area contributed by atoms with Gasteiger partial charge in [0.05, 0.1) is 0 Å². The molecular formula is C13H20BrNO. The van der Waals surface area contributed by atoms with E-state index in [1.54, 1.807) is 0 Å². The zero-order valence-electron chi connectivity index (χ0n) is 9.80. The molecule has 0 aliphatic rings. The minimum absolute atomic E-state index is 0.310. The molecule has 90 valence electrons. The summed E-state index contributed by atoms with van der Waals surface area (Å²) in [5.41, 5.74) is 2.58. The topological polar surface area (TPSA) is 32.3 Å². The van der Waals surface area contributed by atoms with Crippen LogP contribution in [0.4, 0.5) is 0 Å². The predicted octanol–water partition coefficient (Wildman–Crippen LogP) is 3.01. The van der Waals surface area contributed by atoms with Gasteiger partial charge in [-0.05, 0) is 49.9 Å². The van der Waals surface area contributed by atoms with Crippen molar-refractivity contribution in [3.63, 3.8) is 0 Å². The lowest BCUT2D eigenvalue weighted by molar-refractivity contribution is 0.283. The van der Waals surface area contributed by atoms with Gasteiger partial charge in [0.25, 0.3) is 0 Å². The number of aliphatic hydroxyl groups is 1. The summed E-state index contributed by atoms with van der Waals surface area (Å²) < 4.78 is 1.17. The molecule has 0 aliphatic heterocycles. The van der Waals surface area contributed by atoms with Gasteiger partial charge in [-0.25, -0.2) is 0 Å². The molecule has 0 saturated heterocycles. The van der Waals surface area contributed by atoms with E-state index in [2.05, 4.69) is 46.4 Å². The number of rotatable bonds is 7. The van der Waals surface area contributed by atoms with Gasteiger partial charge in [0.15, 0.2) is 0 Å². The second-order valence-electron chi connectivity index (χ2n) is 4.04. The fourth-order valence-electron chi connectivity index (χ4n) is 1.52. The van der Waals surface area contributed by atoms with Gasteiger partial charge in [0, 0.05) is 17.6 Å². The second kappa shape index (κ2) is 7.82. The highest BCUT2D eigenvalue weighted by Crippen LogP contribution is 2.17. The highest BCUT2D eigenvalue weighted by atomic mass is 79.9. The maximum Gasteiger partial charge on any atom is 0.0431 e. The Hall–Kier alpha value is -0.380. The van der Waals surface area contributed by atoms with Crippen LogP contribution in [0.2, 0.25) is 0 Å². The summed E-state index contributed by atoms with van der Waals surface area (Å²) in [6.07, 6.45) is 3.15.